The van der Waals surface area contributed by atoms with E-state index in [0.717, 1.165) is 11.3 Å². The first-order chi connectivity index (χ1) is 15.0. The number of hydrogen-bond acceptors (Lipinski definition) is 4. The van der Waals surface area contributed by atoms with Crippen molar-refractivity contribution in [3.63, 3.8) is 0 Å². The van der Waals surface area contributed by atoms with Crippen molar-refractivity contribution in [3.05, 3.63) is 90.0 Å². The molecule has 0 bridgehead atoms. The van der Waals surface area contributed by atoms with E-state index in [1.54, 1.807) is 16.8 Å². The molecule has 4 rings (SSSR count). The van der Waals surface area contributed by atoms with Crippen molar-refractivity contribution in [2.45, 2.75) is 13.8 Å². The highest BCUT2D eigenvalue weighted by Gasteiger charge is 2.19. The van der Waals surface area contributed by atoms with E-state index >= 15 is 0 Å². The molecule has 0 spiro atoms. The molecule has 4 aromatic rings. The van der Waals surface area contributed by atoms with Crippen LogP contribution in [0.1, 0.15) is 23.1 Å². The number of para-hydroxylation sites is 1. The van der Waals surface area contributed by atoms with E-state index in [9.17, 15) is 9.18 Å². The fraction of sp³-hybridized carbons (Fsp3) is 0.125. The Labute approximate surface area is 179 Å². The Bertz CT molecular complexity index is 1200. The van der Waals surface area contributed by atoms with E-state index in [2.05, 4.69) is 15.4 Å². The van der Waals surface area contributed by atoms with Crippen molar-refractivity contribution in [1.29, 1.82) is 0 Å². The first kappa shape index (κ1) is 20.3. The molecule has 0 radical (unpaired) electrons. The molecule has 0 fully saturated rings. The smallest absolute Gasteiger partial charge is 0.295 e. The lowest BCUT2D eigenvalue weighted by Gasteiger charge is -2.08. The molecule has 1 heterocycles. The van der Waals surface area contributed by atoms with Crippen LogP contribution < -0.4 is 10.1 Å². The number of benzene rings is 3. The van der Waals surface area contributed by atoms with Crippen molar-refractivity contribution in [2.24, 2.45) is 0 Å². The van der Waals surface area contributed by atoms with Crippen molar-refractivity contribution in [1.82, 2.24) is 14.8 Å². The second kappa shape index (κ2) is 8.79. The van der Waals surface area contributed by atoms with Gasteiger partial charge in [0, 0.05) is 11.3 Å². The van der Waals surface area contributed by atoms with E-state index in [4.69, 9.17) is 4.74 Å². The van der Waals surface area contributed by atoms with E-state index in [1.165, 1.54) is 12.1 Å². The molecule has 3 aromatic carbocycles. The maximum Gasteiger partial charge on any atom is 0.295 e. The number of nitrogens with one attached hydrogen (secondary N) is 1. The third kappa shape index (κ3) is 4.45. The van der Waals surface area contributed by atoms with Gasteiger partial charge >= 0.3 is 0 Å². The van der Waals surface area contributed by atoms with Crippen LogP contribution in [0.15, 0.2) is 72.8 Å². The molecule has 0 aliphatic carbocycles. The van der Waals surface area contributed by atoms with Gasteiger partial charge in [-0.2, -0.15) is 0 Å². The molecule has 0 aliphatic rings. The summed E-state index contributed by atoms with van der Waals surface area (Å²) in [5, 5.41) is 7.29. The number of anilines is 1. The first-order valence-corrected chi connectivity index (χ1v) is 9.88. The van der Waals surface area contributed by atoms with Crippen LogP contribution in [0.3, 0.4) is 0 Å². The summed E-state index contributed by atoms with van der Waals surface area (Å²) in [5.74, 6) is 0.388. The van der Waals surface area contributed by atoms with Crippen molar-refractivity contribution in [2.75, 3.05) is 11.9 Å². The zero-order chi connectivity index (χ0) is 21.8. The zero-order valence-corrected chi connectivity index (χ0v) is 17.2. The number of ether oxygens (including phenoxy) is 1. The van der Waals surface area contributed by atoms with Gasteiger partial charge in [-0.3, -0.25) is 4.79 Å². The molecule has 0 atom stereocenters. The summed E-state index contributed by atoms with van der Waals surface area (Å²) >= 11 is 0. The minimum Gasteiger partial charge on any atom is -0.494 e. The molecule has 1 N–H and O–H groups in total. The van der Waals surface area contributed by atoms with Crippen LogP contribution in [0, 0.1) is 12.7 Å². The Morgan fingerprint density at radius 1 is 1.03 bits per heavy atom. The summed E-state index contributed by atoms with van der Waals surface area (Å²) < 4.78 is 20.5. The molecule has 0 saturated carbocycles. The topological polar surface area (TPSA) is 69.0 Å². The average molecular weight is 416 g/mol. The SMILES string of the molecule is CCOc1ccc(-n2nc(C(=O)Nc3ccccc3C)nc2-c2ccc(F)cc2)cc1. The number of hydrogen-bond donors (Lipinski definition) is 1. The Kier molecular flexibility index (Phi) is 5.75. The molecule has 1 amide bonds. The van der Waals surface area contributed by atoms with Crippen molar-refractivity contribution in [3.8, 4) is 22.8 Å². The number of nitrogens with zero attached hydrogens (tertiary/aromatic N) is 3. The van der Waals surface area contributed by atoms with Gasteiger partial charge in [-0.05, 0) is 74.0 Å². The van der Waals surface area contributed by atoms with Crippen molar-refractivity contribution >= 4 is 11.6 Å². The van der Waals surface area contributed by atoms with E-state index in [0.29, 0.717) is 29.4 Å². The minimum atomic E-state index is -0.428. The molecular weight excluding hydrogens is 395 g/mol. The van der Waals surface area contributed by atoms with Gasteiger partial charge in [0.15, 0.2) is 5.82 Å². The fourth-order valence-electron chi connectivity index (χ4n) is 3.12. The predicted octanol–water partition coefficient (Wildman–Crippen LogP) is 5.03. The van der Waals surface area contributed by atoms with Crippen LogP contribution in [0.2, 0.25) is 0 Å². The summed E-state index contributed by atoms with van der Waals surface area (Å²) in [7, 11) is 0. The quantitative estimate of drug-likeness (QED) is 0.479. The van der Waals surface area contributed by atoms with Crippen LogP contribution >= 0.6 is 0 Å². The maximum absolute atomic E-state index is 13.4. The average Bonchev–Trinajstić information content (AvgIpc) is 3.22. The fourth-order valence-corrected chi connectivity index (χ4v) is 3.12. The largest absolute Gasteiger partial charge is 0.494 e. The molecule has 6 nitrogen and oxygen atoms in total. The highest BCUT2D eigenvalue weighted by Crippen LogP contribution is 2.24. The van der Waals surface area contributed by atoms with Gasteiger partial charge in [-0.1, -0.05) is 18.2 Å². The molecular formula is C24H21FN4O2. The summed E-state index contributed by atoms with van der Waals surface area (Å²) in [6, 6.07) is 20.7. The van der Waals surface area contributed by atoms with Gasteiger partial charge in [-0.25, -0.2) is 14.1 Å². The molecule has 0 saturated heterocycles. The van der Waals surface area contributed by atoms with Gasteiger partial charge in [-0.15, -0.1) is 5.10 Å². The predicted molar refractivity (Wildman–Crippen MR) is 117 cm³/mol. The third-order valence-electron chi connectivity index (χ3n) is 4.70. The summed E-state index contributed by atoms with van der Waals surface area (Å²) in [6.45, 7) is 4.38. The van der Waals surface area contributed by atoms with Gasteiger partial charge in [0.1, 0.15) is 11.6 Å². The number of carbonyl (C=O) groups excluding carboxylic acids is 1. The van der Waals surface area contributed by atoms with E-state index in [1.807, 2.05) is 62.4 Å². The lowest BCUT2D eigenvalue weighted by Crippen LogP contribution is -2.15. The minimum absolute atomic E-state index is 0.0106. The summed E-state index contributed by atoms with van der Waals surface area (Å²) in [6.07, 6.45) is 0. The van der Waals surface area contributed by atoms with Crippen LogP contribution in [0.25, 0.3) is 17.1 Å². The highest BCUT2D eigenvalue weighted by molar-refractivity contribution is 6.02. The van der Waals surface area contributed by atoms with Crippen molar-refractivity contribution < 1.29 is 13.9 Å². The third-order valence-corrected chi connectivity index (χ3v) is 4.70. The molecule has 0 unspecified atom stereocenters. The summed E-state index contributed by atoms with van der Waals surface area (Å²) in [4.78, 5) is 17.3. The number of aryl methyl sites for hydroxylation is 1. The lowest BCUT2D eigenvalue weighted by atomic mass is 10.2. The molecule has 7 heteroatoms. The Morgan fingerprint density at radius 2 is 1.74 bits per heavy atom. The number of rotatable bonds is 6. The maximum atomic E-state index is 13.4. The molecule has 156 valence electrons. The Morgan fingerprint density at radius 3 is 2.42 bits per heavy atom. The number of aromatic nitrogens is 3. The molecule has 31 heavy (non-hydrogen) atoms. The summed E-state index contributed by atoms with van der Waals surface area (Å²) in [5.41, 5.74) is 2.96. The Balaban J connectivity index is 1.73. The Hall–Kier alpha value is -4.00. The van der Waals surface area contributed by atoms with Crippen LogP contribution in [0.4, 0.5) is 10.1 Å². The molecule has 1 aromatic heterocycles. The van der Waals surface area contributed by atoms with Crippen LogP contribution in [0.5, 0.6) is 5.75 Å². The highest BCUT2D eigenvalue weighted by atomic mass is 19.1. The van der Waals surface area contributed by atoms with E-state index in [-0.39, 0.29) is 11.6 Å². The molecule has 0 aliphatic heterocycles. The van der Waals surface area contributed by atoms with Gasteiger partial charge in [0.25, 0.3) is 5.91 Å². The normalized spacial score (nSPS) is 10.7. The second-order valence-corrected chi connectivity index (χ2v) is 6.87. The van der Waals surface area contributed by atoms with Gasteiger partial charge < -0.3 is 10.1 Å². The number of halogens is 1. The van der Waals surface area contributed by atoms with Gasteiger partial charge in [0.05, 0.1) is 12.3 Å². The standard InChI is InChI=1S/C24H21FN4O2/c1-3-31-20-14-12-19(13-15-20)29-23(17-8-10-18(25)11-9-17)27-22(28-29)24(30)26-21-7-5-4-6-16(21)2/h4-15H,3H2,1-2H3,(H,26,30). The zero-order valence-electron chi connectivity index (χ0n) is 17.2. The van der Waals surface area contributed by atoms with E-state index < -0.39 is 5.91 Å². The monoisotopic (exact) mass is 416 g/mol. The van der Waals surface area contributed by atoms with Crippen LogP contribution in [-0.2, 0) is 0 Å². The second-order valence-electron chi connectivity index (χ2n) is 6.87. The number of carbonyl (C=O) groups is 1. The van der Waals surface area contributed by atoms with Crippen LogP contribution in [-0.4, -0.2) is 27.3 Å². The lowest BCUT2D eigenvalue weighted by molar-refractivity contribution is 0.101. The number of amides is 1. The van der Waals surface area contributed by atoms with Gasteiger partial charge in [0.2, 0.25) is 5.82 Å². The first-order valence-electron chi connectivity index (χ1n) is 9.88.